The van der Waals surface area contributed by atoms with Gasteiger partial charge in [0.05, 0.1) is 20.8 Å². The number of hydrogen-bond acceptors (Lipinski definition) is 3. The first kappa shape index (κ1) is 15.6. The first-order chi connectivity index (χ1) is 11.3. The minimum atomic E-state index is 0.146. The minimum absolute atomic E-state index is 0.146. The average molecular weight is 339 g/mol. The lowest BCUT2D eigenvalue weighted by Crippen LogP contribution is -2.36. The lowest BCUT2D eigenvalue weighted by molar-refractivity contribution is 0.454. The van der Waals surface area contributed by atoms with Crippen LogP contribution in [0.2, 0.25) is 0 Å². The Kier molecular flexibility index (Phi) is 3.43. The summed E-state index contributed by atoms with van der Waals surface area (Å²) in [7, 11) is 4.15. The van der Waals surface area contributed by atoms with Crippen molar-refractivity contribution >= 4 is 27.2 Å². The standard InChI is InChI=1S/C20H23N3S/c1-12-11-20(2,3)22-16-10-19-17(9-14(12)16)21-15-7-6-13(23(4)5)8-18(15)24-19/h6-10,12H,11H2,1-5H3/p+1. The van der Waals surface area contributed by atoms with Gasteiger partial charge in [-0.3, -0.25) is 0 Å². The van der Waals surface area contributed by atoms with Crippen molar-refractivity contribution in [2.75, 3.05) is 19.4 Å². The molecule has 4 rings (SSSR count). The summed E-state index contributed by atoms with van der Waals surface area (Å²) in [6, 6.07) is 11.1. The zero-order valence-corrected chi connectivity index (χ0v) is 15.8. The second-order valence-corrected chi connectivity index (χ2v) is 8.87. The second kappa shape index (κ2) is 5.28. The molecule has 0 spiro atoms. The number of hydrogen-bond donors (Lipinski definition) is 1. The lowest BCUT2D eigenvalue weighted by atomic mass is 9.82. The van der Waals surface area contributed by atoms with Crippen LogP contribution in [-0.2, 0) is 0 Å². The maximum absolute atomic E-state index is 4.92. The molecule has 0 aromatic heterocycles. The van der Waals surface area contributed by atoms with Gasteiger partial charge in [-0.25, -0.2) is 9.56 Å². The van der Waals surface area contributed by atoms with Gasteiger partial charge in [-0.1, -0.05) is 6.92 Å². The third kappa shape index (κ3) is 2.59. The van der Waals surface area contributed by atoms with Gasteiger partial charge >= 0.3 is 0 Å². The van der Waals surface area contributed by atoms with Crippen LogP contribution in [0.5, 0.6) is 0 Å². The summed E-state index contributed by atoms with van der Waals surface area (Å²) in [5.41, 5.74) is 5.00. The van der Waals surface area contributed by atoms with Crippen LogP contribution >= 0.6 is 11.3 Å². The highest BCUT2D eigenvalue weighted by Gasteiger charge is 2.29. The molecule has 24 heavy (non-hydrogen) atoms. The Morgan fingerprint density at radius 1 is 1.21 bits per heavy atom. The molecular weight excluding hydrogens is 314 g/mol. The van der Waals surface area contributed by atoms with Crippen molar-refractivity contribution in [3.8, 4) is 10.6 Å². The Morgan fingerprint density at radius 2 is 2.00 bits per heavy atom. The lowest BCUT2D eigenvalue weighted by Gasteiger charge is -2.37. The molecule has 3 nitrogen and oxygen atoms in total. The molecule has 1 aromatic rings. The quantitative estimate of drug-likeness (QED) is 0.493. The highest BCUT2D eigenvalue weighted by atomic mass is 32.1. The molecule has 0 saturated carbocycles. The molecule has 2 aliphatic heterocycles. The zero-order valence-electron chi connectivity index (χ0n) is 15.0. The summed E-state index contributed by atoms with van der Waals surface area (Å²) in [5, 5.41) is 4.92. The van der Waals surface area contributed by atoms with Crippen molar-refractivity contribution < 1.29 is 0 Å². The molecule has 4 heteroatoms. The van der Waals surface area contributed by atoms with E-state index in [-0.39, 0.29) is 5.54 Å². The zero-order chi connectivity index (χ0) is 17.1. The van der Waals surface area contributed by atoms with E-state index >= 15 is 0 Å². The number of nitrogens with one attached hydrogen (secondary N) is 1. The predicted molar refractivity (Wildman–Crippen MR) is 104 cm³/mol. The summed E-state index contributed by atoms with van der Waals surface area (Å²) in [6.07, 6.45) is 1.15. The third-order valence-electron chi connectivity index (χ3n) is 4.87. The fraction of sp³-hybridized carbons (Fsp3) is 0.400. The molecule has 1 aliphatic carbocycles. The fourth-order valence-electron chi connectivity index (χ4n) is 3.76. The van der Waals surface area contributed by atoms with Crippen molar-refractivity contribution in [2.45, 2.75) is 38.6 Å². The Balaban J connectivity index is 1.97. The topological polar surface area (TPSA) is 27.9 Å². The van der Waals surface area contributed by atoms with Crippen molar-refractivity contribution in [3.05, 3.63) is 41.3 Å². The van der Waals surface area contributed by atoms with E-state index in [1.165, 1.54) is 26.2 Å². The van der Waals surface area contributed by atoms with E-state index < -0.39 is 0 Å². The van der Waals surface area contributed by atoms with Crippen LogP contribution < -0.4 is 15.2 Å². The summed E-state index contributed by atoms with van der Waals surface area (Å²) < 4.78 is 3.38. The van der Waals surface area contributed by atoms with Crippen LogP contribution in [0.1, 0.15) is 38.7 Å². The van der Waals surface area contributed by atoms with E-state index in [0.29, 0.717) is 5.92 Å². The van der Waals surface area contributed by atoms with Gasteiger partial charge in [0.15, 0.2) is 0 Å². The Hall–Kier alpha value is -1.94. The van der Waals surface area contributed by atoms with Crippen molar-refractivity contribution in [1.82, 2.24) is 9.56 Å². The van der Waals surface area contributed by atoms with Crippen LogP contribution in [0.25, 0.3) is 20.8 Å². The van der Waals surface area contributed by atoms with E-state index in [0.717, 1.165) is 17.6 Å². The Morgan fingerprint density at radius 3 is 2.75 bits per heavy atom. The molecular formula is C20H24N3S+. The van der Waals surface area contributed by atoms with Crippen molar-refractivity contribution in [1.29, 1.82) is 0 Å². The van der Waals surface area contributed by atoms with E-state index in [2.05, 4.69) is 75.1 Å². The monoisotopic (exact) mass is 338 g/mol. The summed E-state index contributed by atoms with van der Waals surface area (Å²) >= 11 is 1.83. The van der Waals surface area contributed by atoms with Crippen LogP contribution in [0.4, 0.5) is 5.69 Å². The molecule has 1 aromatic carbocycles. The number of anilines is 1. The third-order valence-corrected chi connectivity index (χ3v) is 5.97. The van der Waals surface area contributed by atoms with E-state index in [4.69, 9.17) is 4.98 Å². The van der Waals surface area contributed by atoms with Gasteiger partial charge in [0.1, 0.15) is 14.1 Å². The molecule has 1 atom stereocenters. The van der Waals surface area contributed by atoms with Gasteiger partial charge < -0.3 is 5.32 Å². The summed E-state index contributed by atoms with van der Waals surface area (Å²) in [4.78, 5) is 6.15. The first-order valence-corrected chi connectivity index (χ1v) is 9.31. The van der Waals surface area contributed by atoms with Gasteiger partial charge in [-0.2, -0.15) is 0 Å². The second-order valence-electron chi connectivity index (χ2n) is 7.78. The number of rotatable bonds is 0. The van der Waals surface area contributed by atoms with Crippen molar-refractivity contribution in [2.24, 2.45) is 0 Å². The van der Waals surface area contributed by atoms with Gasteiger partial charge in [0.2, 0.25) is 5.36 Å². The molecule has 0 bridgehead atoms. The summed E-state index contributed by atoms with van der Waals surface area (Å²) in [5.74, 6) is 0.555. The highest BCUT2D eigenvalue weighted by molar-refractivity contribution is 7.21. The molecule has 2 heterocycles. The van der Waals surface area contributed by atoms with Crippen LogP contribution in [0.3, 0.4) is 0 Å². The largest absolute Gasteiger partial charge is 0.380 e. The van der Waals surface area contributed by atoms with Gasteiger partial charge in [-0.15, -0.1) is 11.3 Å². The number of nitrogens with zero attached hydrogens (tertiary/aromatic N) is 2. The fourth-order valence-corrected chi connectivity index (χ4v) is 4.78. The smallest absolute Gasteiger partial charge is 0.201 e. The van der Waals surface area contributed by atoms with Gasteiger partial charge in [0, 0.05) is 23.4 Å². The maximum atomic E-state index is 4.92. The molecule has 1 N–H and O–H groups in total. The SMILES string of the molecule is CC1CC(C)(C)Nc2cc3sc4cc(=[N+](C)C)ccc-4nc3cc21. The van der Waals surface area contributed by atoms with Gasteiger partial charge in [0.25, 0.3) is 0 Å². The highest BCUT2D eigenvalue weighted by Crippen LogP contribution is 2.42. The molecule has 3 aliphatic rings. The first-order valence-electron chi connectivity index (χ1n) is 8.49. The average Bonchev–Trinajstić information content (AvgIpc) is 2.49. The molecule has 0 radical (unpaired) electrons. The number of benzene rings is 2. The van der Waals surface area contributed by atoms with E-state index in [1.807, 2.05) is 11.3 Å². The van der Waals surface area contributed by atoms with Crippen LogP contribution in [-0.4, -0.2) is 24.6 Å². The molecule has 1 unspecified atom stereocenters. The maximum Gasteiger partial charge on any atom is 0.201 e. The molecule has 0 saturated heterocycles. The predicted octanol–water partition coefficient (Wildman–Crippen LogP) is 4.13. The van der Waals surface area contributed by atoms with E-state index in [1.54, 1.807) is 0 Å². The molecule has 0 fully saturated rings. The van der Waals surface area contributed by atoms with Crippen LogP contribution in [0, 0.1) is 0 Å². The Labute approximate surface area is 147 Å². The van der Waals surface area contributed by atoms with E-state index in [9.17, 15) is 0 Å². The molecule has 124 valence electrons. The van der Waals surface area contributed by atoms with Crippen molar-refractivity contribution in [3.63, 3.8) is 0 Å². The minimum Gasteiger partial charge on any atom is -0.380 e. The molecule has 0 amide bonds. The number of fused-ring (bicyclic) bond motifs is 3. The normalized spacial score (nSPS) is 19.1. The Bertz CT molecular complexity index is 980. The summed E-state index contributed by atoms with van der Waals surface area (Å²) in [6.45, 7) is 6.88. The van der Waals surface area contributed by atoms with Gasteiger partial charge in [-0.05, 0) is 49.9 Å². The van der Waals surface area contributed by atoms with Crippen LogP contribution in [0.15, 0.2) is 30.3 Å². The number of aromatic nitrogens is 1.